The fourth-order valence-corrected chi connectivity index (χ4v) is 5.90. The Hall–Kier alpha value is -1.88. The minimum absolute atomic E-state index is 0.00895. The first-order chi connectivity index (χ1) is 13.6. The first kappa shape index (κ1) is 18.2. The zero-order chi connectivity index (χ0) is 19.3. The standard InChI is InChI=1S/C23H30N2O3/c1-2-15-6-3-4-9-17(15)21(26)24-12-18-19-13-25(22(27)16-7-5-8-16)14-23(19)11-10-20(18)28-23/h3-4,6,9,16,18-20H,2,5,7-8,10-14H2,1H3,(H,24,26)/t18-,19+,20+,23+/m0/s1. The van der Waals surface area contributed by atoms with Crippen molar-refractivity contribution in [1.82, 2.24) is 10.2 Å². The highest BCUT2D eigenvalue weighted by atomic mass is 16.5. The third-order valence-electron chi connectivity index (χ3n) is 7.69. The second-order valence-electron chi connectivity index (χ2n) is 9.10. The van der Waals surface area contributed by atoms with E-state index in [1.54, 1.807) is 0 Å². The highest BCUT2D eigenvalue weighted by Gasteiger charge is 2.63. The lowest BCUT2D eigenvalue weighted by atomic mass is 9.73. The molecule has 1 saturated carbocycles. The second kappa shape index (κ2) is 6.87. The SMILES string of the molecule is CCc1ccccc1C(=O)NC[C@H]1[C@H]2CN(C(=O)C3CCC3)C[C@]23CC[C@H]1O3. The molecule has 28 heavy (non-hydrogen) atoms. The van der Waals surface area contributed by atoms with E-state index in [0.29, 0.717) is 24.3 Å². The molecule has 0 aromatic heterocycles. The number of hydrogen-bond donors (Lipinski definition) is 1. The van der Waals surface area contributed by atoms with Gasteiger partial charge >= 0.3 is 0 Å². The number of nitrogens with zero attached hydrogens (tertiary/aromatic N) is 1. The van der Waals surface area contributed by atoms with Gasteiger partial charge in [-0.3, -0.25) is 9.59 Å². The van der Waals surface area contributed by atoms with Crippen LogP contribution < -0.4 is 5.32 Å². The summed E-state index contributed by atoms with van der Waals surface area (Å²) < 4.78 is 6.45. The first-order valence-corrected chi connectivity index (χ1v) is 10.9. The summed E-state index contributed by atoms with van der Waals surface area (Å²) in [4.78, 5) is 27.6. The quantitative estimate of drug-likeness (QED) is 0.852. The molecular formula is C23H30N2O3. The van der Waals surface area contributed by atoms with Gasteiger partial charge in [-0.05, 0) is 43.7 Å². The van der Waals surface area contributed by atoms with Gasteiger partial charge in [0.1, 0.15) is 0 Å². The molecule has 1 spiro atoms. The average Bonchev–Trinajstić information content (AvgIpc) is 3.33. The number of likely N-dealkylation sites (tertiary alicyclic amines) is 1. The van der Waals surface area contributed by atoms with Gasteiger partial charge in [0.15, 0.2) is 0 Å². The molecule has 3 saturated heterocycles. The van der Waals surface area contributed by atoms with Gasteiger partial charge in [-0.25, -0.2) is 0 Å². The fraction of sp³-hybridized carbons (Fsp3) is 0.652. The number of ether oxygens (including phenoxy) is 1. The number of carbonyl (C=O) groups is 2. The summed E-state index contributed by atoms with van der Waals surface area (Å²) in [5.74, 6) is 1.26. The highest BCUT2D eigenvalue weighted by Crippen LogP contribution is 2.55. The molecule has 4 aliphatic rings. The molecular weight excluding hydrogens is 352 g/mol. The molecule has 1 aromatic rings. The summed E-state index contributed by atoms with van der Waals surface area (Å²) in [6, 6.07) is 7.83. The van der Waals surface area contributed by atoms with E-state index in [4.69, 9.17) is 4.74 Å². The van der Waals surface area contributed by atoms with E-state index >= 15 is 0 Å². The molecule has 0 unspecified atom stereocenters. The third kappa shape index (κ3) is 2.78. The summed E-state index contributed by atoms with van der Waals surface area (Å²) in [5.41, 5.74) is 1.71. The number of nitrogens with one attached hydrogen (secondary N) is 1. The van der Waals surface area contributed by atoms with E-state index in [1.165, 1.54) is 6.42 Å². The number of carbonyl (C=O) groups excluding carboxylic acids is 2. The summed E-state index contributed by atoms with van der Waals surface area (Å²) in [5, 5.41) is 3.18. The molecule has 0 radical (unpaired) electrons. The minimum Gasteiger partial charge on any atom is -0.369 e. The smallest absolute Gasteiger partial charge is 0.251 e. The summed E-state index contributed by atoms with van der Waals surface area (Å²) in [7, 11) is 0. The van der Waals surface area contributed by atoms with Gasteiger partial charge in [0.05, 0.1) is 18.2 Å². The summed E-state index contributed by atoms with van der Waals surface area (Å²) in [6.45, 7) is 4.27. The lowest BCUT2D eigenvalue weighted by Crippen LogP contribution is -2.42. The molecule has 5 rings (SSSR count). The first-order valence-electron chi connectivity index (χ1n) is 10.9. The Balaban J connectivity index is 1.26. The van der Waals surface area contributed by atoms with Crippen molar-refractivity contribution >= 4 is 11.8 Å². The second-order valence-corrected chi connectivity index (χ2v) is 9.10. The van der Waals surface area contributed by atoms with E-state index in [9.17, 15) is 9.59 Å². The Labute approximate surface area is 166 Å². The van der Waals surface area contributed by atoms with Gasteiger partial charge in [-0.2, -0.15) is 0 Å². The van der Waals surface area contributed by atoms with Crippen LogP contribution in [-0.2, 0) is 16.0 Å². The van der Waals surface area contributed by atoms with Crippen LogP contribution in [0.1, 0.15) is 54.9 Å². The molecule has 5 nitrogen and oxygen atoms in total. The number of fused-ring (bicyclic) bond motifs is 1. The van der Waals surface area contributed by atoms with Crippen LogP contribution in [0.5, 0.6) is 0 Å². The maximum Gasteiger partial charge on any atom is 0.251 e. The molecule has 1 N–H and O–H groups in total. The molecule has 3 aliphatic heterocycles. The van der Waals surface area contributed by atoms with Crippen molar-refractivity contribution in [3.63, 3.8) is 0 Å². The van der Waals surface area contributed by atoms with Crippen LogP contribution in [0.2, 0.25) is 0 Å². The van der Waals surface area contributed by atoms with Gasteiger partial charge in [0, 0.05) is 36.4 Å². The van der Waals surface area contributed by atoms with Crippen LogP contribution in [0.4, 0.5) is 0 Å². The topological polar surface area (TPSA) is 58.6 Å². The number of amides is 2. The predicted molar refractivity (Wildman–Crippen MR) is 106 cm³/mol. The Morgan fingerprint density at radius 3 is 2.82 bits per heavy atom. The maximum atomic E-state index is 12.8. The van der Waals surface area contributed by atoms with Crippen molar-refractivity contribution in [2.75, 3.05) is 19.6 Å². The average molecular weight is 383 g/mol. The van der Waals surface area contributed by atoms with E-state index in [-0.39, 0.29) is 23.5 Å². The maximum absolute atomic E-state index is 12.8. The van der Waals surface area contributed by atoms with Crippen molar-refractivity contribution in [3.05, 3.63) is 35.4 Å². The molecule has 2 bridgehead atoms. The summed E-state index contributed by atoms with van der Waals surface area (Å²) >= 11 is 0. The van der Waals surface area contributed by atoms with E-state index < -0.39 is 0 Å². The summed E-state index contributed by atoms with van der Waals surface area (Å²) in [6.07, 6.45) is 6.47. The fourth-order valence-electron chi connectivity index (χ4n) is 5.90. The number of benzene rings is 1. The van der Waals surface area contributed by atoms with Gasteiger partial charge in [-0.15, -0.1) is 0 Å². The van der Waals surface area contributed by atoms with Gasteiger partial charge in [0.2, 0.25) is 5.91 Å². The largest absolute Gasteiger partial charge is 0.369 e. The lowest BCUT2D eigenvalue weighted by Gasteiger charge is -2.30. The zero-order valence-electron chi connectivity index (χ0n) is 16.7. The monoisotopic (exact) mass is 382 g/mol. The Morgan fingerprint density at radius 2 is 2.07 bits per heavy atom. The van der Waals surface area contributed by atoms with E-state index in [1.807, 2.05) is 24.3 Å². The van der Waals surface area contributed by atoms with Gasteiger partial charge in [0.25, 0.3) is 5.91 Å². The van der Waals surface area contributed by atoms with Crippen LogP contribution in [0, 0.1) is 17.8 Å². The minimum atomic E-state index is -0.152. The molecule has 3 heterocycles. The van der Waals surface area contributed by atoms with Crippen molar-refractivity contribution in [2.45, 2.75) is 57.2 Å². The normalized spacial score (nSPS) is 33.6. The Bertz CT molecular complexity index is 790. The van der Waals surface area contributed by atoms with Crippen molar-refractivity contribution < 1.29 is 14.3 Å². The van der Waals surface area contributed by atoms with Crippen LogP contribution in [0.25, 0.3) is 0 Å². The zero-order valence-corrected chi connectivity index (χ0v) is 16.7. The van der Waals surface area contributed by atoms with Crippen LogP contribution in [0.3, 0.4) is 0 Å². The number of aryl methyl sites for hydroxylation is 1. The third-order valence-corrected chi connectivity index (χ3v) is 7.69. The molecule has 150 valence electrons. The Morgan fingerprint density at radius 1 is 1.25 bits per heavy atom. The van der Waals surface area contributed by atoms with Gasteiger partial charge in [-0.1, -0.05) is 31.5 Å². The Kier molecular flexibility index (Phi) is 4.46. The lowest BCUT2D eigenvalue weighted by molar-refractivity contribution is -0.138. The van der Waals surface area contributed by atoms with Crippen LogP contribution in [-0.4, -0.2) is 48.1 Å². The van der Waals surface area contributed by atoms with Gasteiger partial charge < -0.3 is 15.0 Å². The van der Waals surface area contributed by atoms with Crippen LogP contribution in [0.15, 0.2) is 24.3 Å². The van der Waals surface area contributed by atoms with Crippen molar-refractivity contribution in [2.24, 2.45) is 17.8 Å². The van der Waals surface area contributed by atoms with Crippen LogP contribution >= 0.6 is 0 Å². The number of rotatable bonds is 5. The molecule has 4 fully saturated rings. The molecule has 4 atom stereocenters. The highest BCUT2D eigenvalue weighted by molar-refractivity contribution is 5.95. The van der Waals surface area contributed by atoms with Crippen molar-refractivity contribution in [3.8, 4) is 0 Å². The molecule has 1 aromatic carbocycles. The molecule has 2 amide bonds. The van der Waals surface area contributed by atoms with E-state index in [0.717, 1.165) is 56.3 Å². The number of hydrogen-bond acceptors (Lipinski definition) is 3. The molecule has 1 aliphatic carbocycles. The van der Waals surface area contributed by atoms with E-state index in [2.05, 4.69) is 17.1 Å². The molecule has 5 heteroatoms. The van der Waals surface area contributed by atoms with Crippen molar-refractivity contribution in [1.29, 1.82) is 0 Å². The predicted octanol–water partition coefficient (Wildman–Crippen LogP) is 2.78.